The molecule has 84 valence electrons. The number of ether oxygens (including phenoxy) is 1. The number of hydrogen-bond acceptors (Lipinski definition) is 4. The van der Waals surface area contributed by atoms with E-state index >= 15 is 0 Å². The highest BCUT2D eigenvalue weighted by Crippen LogP contribution is 2.26. The molecule has 1 aromatic heterocycles. The number of rotatable bonds is 2. The van der Waals surface area contributed by atoms with E-state index in [9.17, 15) is 0 Å². The molecule has 0 fully saturated rings. The largest absolute Gasteiger partial charge is 0.437 e. The van der Waals surface area contributed by atoms with Crippen LogP contribution in [0.15, 0.2) is 35.1 Å². The van der Waals surface area contributed by atoms with Crippen molar-refractivity contribution >= 4 is 15.9 Å². The van der Waals surface area contributed by atoms with Crippen molar-refractivity contribution in [3.63, 3.8) is 0 Å². The molecule has 0 N–H and O–H groups in total. The van der Waals surface area contributed by atoms with E-state index in [2.05, 4.69) is 25.9 Å². The first-order valence-electron chi connectivity index (χ1n) is 4.85. The molecule has 0 aliphatic carbocycles. The third-order valence-corrected chi connectivity index (χ3v) is 2.60. The molecule has 0 spiro atoms. The molecule has 2 aromatic rings. The van der Waals surface area contributed by atoms with E-state index in [4.69, 9.17) is 10.00 Å². The van der Waals surface area contributed by atoms with Crippen LogP contribution in [0.1, 0.15) is 11.3 Å². The van der Waals surface area contributed by atoms with Gasteiger partial charge in [-0.3, -0.25) is 0 Å². The quantitative estimate of drug-likeness (QED) is 0.852. The highest BCUT2D eigenvalue weighted by Gasteiger charge is 2.04. The molecule has 4 nitrogen and oxygen atoms in total. The van der Waals surface area contributed by atoms with Crippen LogP contribution in [0.4, 0.5) is 0 Å². The Hall–Kier alpha value is -1.93. The van der Waals surface area contributed by atoms with E-state index in [-0.39, 0.29) is 5.69 Å². The summed E-state index contributed by atoms with van der Waals surface area (Å²) < 4.78 is 6.51. The van der Waals surface area contributed by atoms with Crippen LogP contribution in [-0.2, 0) is 0 Å². The molecule has 0 aliphatic rings. The minimum Gasteiger partial charge on any atom is -0.437 e. The molecule has 0 saturated carbocycles. The van der Waals surface area contributed by atoms with Crippen LogP contribution in [0.25, 0.3) is 0 Å². The van der Waals surface area contributed by atoms with E-state index in [1.54, 1.807) is 0 Å². The zero-order valence-electron chi connectivity index (χ0n) is 9.01. The van der Waals surface area contributed by atoms with Gasteiger partial charge in [0.2, 0.25) is 5.88 Å². The lowest BCUT2D eigenvalue weighted by Crippen LogP contribution is -1.92. The standard InChI is InChI=1S/C12H8BrN3O/c1-8-2-3-9(13)4-11(8)17-12-7-15-10(5-14)6-16-12/h2-4,6-7H,1H3. The fourth-order valence-electron chi connectivity index (χ4n) is 1.22. The zero-order valence-corrected chi connectivity index (χ0v) is 10.6. The number of nitrogens with zero attached hydrogens (tertiary/aromatic N) is 3. The minimum absolute atomic E-state index is 0.267. The summed E-state index contributed by atoms with van der Waals surface area (Å²) in [6.07, 6.45) is 2.81. The van der Waals surface area contributed by atoms with E-state index in [0.29, 0.717) is 11.6 Å². The SMILES string of the molecule is Cc1ccc(Br)cc1Oc1cnc(C#N)cn1. The molecule has 17 heavy (non-hydrogen) atoms. The lowest BCUT2D eigenvalue weighted by atomic mass is 10.2. The second-order valence-electron chi connectivity index (χ2n) is 3.36. The van der Waals surface area contributed by atoms with Gasteiger partial charge in [0, 0.05) is 4.47 Å². The molecule has 0 amide bonds. The Kier molecular flexibility index (Phi) is 3.35. The molecule has 2 rings (SSSR count). The van der Waals surface area contributed by atoms with Crippen LogP contribution in [0.2, 0.25) is 0 Å². The Balaban J connectivity index is 2.25. The number of aryl methyl sites for hydroxylation is 1. The van der Waals surface area contributed by atoms with Crippen molar-refractivity contribution in [3.05, 3.63) is 46.3 Å². The lowest BCUT2D eigenvalue weighted by Gasteiger charge is -2.07. The van der Waals surface area contributed by atoms with Crippen LogP contribution in [0, 0.1) is 18.3 Å². The summed E-state index contributed by atoms with van der Waals surface area (Å²) in [6.45, 7) is 1.94. The first-order valence-corrected chi connectivity index (χ1v) is 5.64. The number of nitriles is 1. The van der Waals surface area contributed by atoms with Crippen molar-refractivity contribution in [1.29, 1.82) is 5.26 Å². The normalized spacial score (nSPS) is 9.71. The topological polar surface area (TPSA) is 58.8 Å². The smallest absolute Gasteiger partial charge is 0.237 e. The predicted octanol–water partition coefficient (Wildman–Crippen LogP) is 3.21. The molecule has 5 heteroatoms. The summed E-state index contributed by atoms with van der Waals surface area (Å²) in [5.74, 6) is 1.07. The average Bonchev–Trinajstić information content (AvgIpc) is 2.35. The summed E-state index contributed by atoms with van der Waals surface area (Å²) in [6, 6.07) is 7.64. The third kappa shape index (κ3) is 2.80. The molecule has 0 unspecified atom stereocenters. The maximum Gasteiger partial charge on any atom is 0.237 e. The van der Waals surface area contributed by atoms with Gasteiger partial charge in [-0.2, -0.15) is 5.26 Å². The molecule has 0 atom stereocenters. The first kappa shape index (κ1) is 11.6. The Bertz CT molecular complexity index is 575. The summed E-state index contributed by atoms with van der Waals surface area (Å²) in [5.41, 5.74) is 1.27. The fourth-order valence-corrected chi connectivity index (χ4v) is 1.56. The second kappa shape index (κ2) is 4.93. The van der Waals surface area contributed by atoms with Crippen molar-refractivity contribution < 1.29 is 4.74 Å². The Labute approximate surface area is 107 Å². The van der Waals surface area contributed by atoms with Gasteiger partial charge < -0.3 is 4.74 Å². The van der Waals surface area contributed by atoms with Gasteiger partial charge in [0.25, 0.3) is 0 Å². The molecule has 0 radical (unpaired) electrons. The number of halogens is 1. The van der Waals surface area contributed by atoms with Gasteiger partial charge in [0.05, 0.1) is 12.4 Å². The van der Waals surface area contributed by atoms with Crippen molar-refractivity contribution in [2.24, 2.45) is 0 Å². The molecule has 0 aliphatic heterocycles. The van der Waals surface area contributed by atoms with Crippen molar-refractivity contribution in [2.45, 2.75) is 6.92 Å². The van der Waals surface area contributed by atoms with Gasteiger partial charge in [-0.05, 0) is 24.6 Å². The van der Waals surface area contributed by atoms with E-state index in [1.807, 2.05) is 31.2 Å². The van der Waals surface area contributed by atoms with Crippen molar-refractivity contribution in [1.82, 2.24) is 9.97 Å². The van der Waals surface area contributed by atoms with Gasteiger partial charge in [0.15, 0.2) is 5.69 Å². The highest BCUT2D eigenvalue weighted by molar-refractivity contribution is 9.10. The average molecular weight is 290 g/mol. The van der Waals surface area contributed by atoms with E-state index < -0.39 is 0 Å². The molecule has 1 heterocycles. The fraction of sp³-hybridized carbons (Fsp3) is 0.0833. The van der Waals surface area contributed by atoms with Crippen LogP contribution in [-0.4, -0.2) is 9.97 Å². The minimum atomic E-state index is 0.267. The summed E-state index contributed by atoms with van der Waals surface area (Å²) in [7, 11) is 0. The third-order valence-electron chi connectivity index (χ3n) is 2.11. The first-order chi connectivity index (χ1) is 8.19. The Morgan fingerprint density at radius 3 is 2.76 bits per heavy atom. The van der Waals surface area contributed by atoms with E-state index in [0.717, 1.165) is 10.0 Å². The number of hydrogen-bond donors (Lipinski definition) is 0. The zero-order chi connectivity index (χ0) is 12.3. The van der Waals surface area contributed by atoms with Gasteiger partial charge >= 0.3 is 0 Å². The Morgan fingerprint density at radius 2 is 2.12 bits per heavy atom. The highest BCUT2D eigenvalue weighted by atomic mass is 79.9. The van der Waals surface area contributed by atoms with Crippen LogP contribution in [0.3, 0.4) is 0 Å². The Morgan fingerprint density at radius 1 is 1.29 bits per heavy atom. The van der Waals surface area contributed by atoms with Gasteiger partial charge in [-0.15, -0.1) is 0 Å². The van der Waals surface area contributed by atoms with E-state index in [1.165, 1.54) is 12.4 Å². The maximum atomic E-state index is 8.60. The molecular weight excluding hydrogens is 282 g/mol. The maximum absolute atomic E-state index is 8.60. The second-order valence-corrected chi connectivity index (χ2v) is 4.28. The number of benzene rings is 1. The molecule has 1 aromatic carbocycles. The lowest BCUT2D eigenvalue weighted by molar-refractivity contribution is 0.456. The molecule has 0 bridgehead atoms. The number of aromatic nitrogens is 2. The van der Waals surface area contributed by atoms with Crippen molar-refractivity contribution in [2.75, 3.05) is 0 Å². The van der Waals surface area contributed by atoms with Gasteiger partial charge in [0.1, 0.15) is 11.8 Å². The summed E-state index contributed by atoms with van der Waals surface area (Å²) in [5, 5.41) is 8.60. The van der Waals surface area contributed by atoms with Gasteiger partial charge in [-0.25, -0.2) is 9.97 Å². The van der Waals surface area contributed by atoms with Crippen LogP contribution in [0.5, 0.6) is 11.6 Å². The predicted molar refractivity (Wildman–Crippen MR) is 65.7 cm³/mol. The van der Waals surface area contributed by atoms with Crippen LogP contribution < -0.4 is 4.74 Å². The molecular formula is C12H8BrN3O. The molecule has 0 saturated heterocycles. The monoisotopic (exact) mass is 289 g/mol. The summed E-state index contributed by atoms with van der Waals surface area (Å²) in [4.78, 5) is 7.88. The van der Waals surface area contributed by atoms with Crippen LogP contribution >= 0.6 is 15.9 Å². The summed E-state index contributed by atoms with van der Waals surface area (Å²) >= 11 is 3.37. The van der Waals surface area contributed by atoms with Gasteiger partial charge in [-0.1, -0.05) is 22.0 Å². The van der Waals surface area contributed by atoms with Crippen molar-refractivity contribution in [3.8, 4) is 17.7 Å².